The Balaban J connectivity index is 2.03. The van der Waals surface area contributed by atoms with E-state index in [4.69, 9.17) is 28.9 Å². The molecule has 116 valence electrons. The molecule has 0 radical (unpaired) electrons. The second-order valence-corrected chi connectivity index (χ2v) is 7.14. The van der Waals surface area contributed by atoms with Gasteiger partial charge in [0.1, 0.15) is 0 Å². The van der Waals surface area contributed by atoms with Gasteiger partial charge < -0.3 is 11.1 Å². The van der Waals surface area contributed by atoms with Crippen LogP contribution in [0.4, 0.5) is 11.4 Å². The van der Waals surface area contributed by atoms with Crippen molar-refractivity contribution in [3.63, 3.8) is 0 Å². The highest BCUT2D eigenvalue weighted by Crippen LogP contribution is 2.31. The van der Waals surface area contributed by atoms with E-state index < -0.39 is 0 Å². The maximum absolute atomic E-state index is 12.2. The highest BCUT2D eigenvalue weighted by molar-refractivity contribution is 8.00. The molecule has 0 aliphatic rings. The molecule has 2 aromatic rings. The highest BCUT2D eigenvalue weighted by atomic mass is 35.5. The van der Waals surface area contributed by atoms with Crippen LogP contribution in [-0.2, 0) is 4.79 Å². The molecule has 0 aromatic heterocycles. The molecule has 6 heteroatoms. The molecule has 3 N–H and O–H groups in total. The quantitative estimate of drug-likeness (QED) is 0.599. The zero-order valence-electron chi connectivity index (χ0n) is 12.2. The normalized spacial score (nSPS) is 12.0. The largest absolute Gasteiger partial charge is 0.396 e. The number of nitrogens with two attached hydrogens (primary N) is 1. The number of hydrogen-bond donors (Lipinski definition) is 2. The molecule has 22 heavy (non-hydrogen) atoms. The van der Waals surface area contributed by atoms with E-state index in [1.807, 2.05) is 38.1 Å². The molecule has 3 nitrogen and oxygen atoms in total. The van der Waals surface area contributed by atoms with Gasteiger partial charge in [-0.25, -0.2) is 0 Å². The lowest BCUT2D eigenvalue weighted by Gasteiger charge is -2.13. The molecule has 1 unspecified atom stereocenters. The molecule has 1 atom stereocenters. The number of anilines is 2. The fourth-order valence-corrected chi connectivity index (χ4v) is 3.13. The van der Waals surface area contributed by atoms with Gasteiger partial charge in [-0.15, -0.1) is 11.8 Å². The first-order chi connectivity index (χ1) is 10.4. The van der Waals surface area contributed by atoms with Crippen molar-refractivity contribution in [2.75, 3.05) is 11.1 Å². The van der Waals surface area contributed by atoms with Crippen LogP contribution in [0.3, 0.4) is 0 Å². The fraction of sp³-hybridized carbons (Fsp3) is 0.188. The van der Waals surface area contributed by atoms with Crippen LogP contribution in [0.25, 0.3) is 0 Å². The summed E-state index contributed by atoms with van der Waals surface area (Å²) in [6, 6.07) is 11.2. The van der Waals surface area contributed by atoms with Crippen LogP contribution >= 0.6 is 35.0 Å². The smallest absolute Gasteiger partial charge is 0.237 e. The minimum absolute atomic E-state index is 0.123. The first-order valence-corrected chi connectivity index (χ1v) is 8.29. The molecule has 0 aliphatic heterocycles. The summed E-state index contributed by atoms with van der Waals surface area (Å²) in [4.78, 5) is 13.3. The Labute approximate surface area is 144 Å². The van der Waals surface area contributed by atoms with Crippen molar-refractivity contribution in [1.82, 2.24) is 0 Å². The van der Waals surface area contributed by atoms with E-state index >= 15 is 0 Å². The second-order valence-electron chi connectivity index (χ2n) is 4.92. The van der Waals surface area contributed by atoms with E-state index in [1.54, 1.807) is 12.1 Å². The van der Waals surface area contributed by atoms with Crippen LogP contribution in [0.2, 0.25) is 10.0 Å². The lowest BCUT2D eigenvalue weighted by molar-refractivity contribution is -0.115. The Morgan fingerprint density at radius 2 is 1.73 bits per heavy atom. The zero-order chi connectivity index (χ0) is 16.3. The van der Waals surface area contributed by atoms with E-state index in [0.717, 1.165) is 4.90 Å². The lowest BCUT2D eigenvalue weighted by atomic mass is 10.2. The molecule has 0 bridgehead atoms. The Morgan fingerprint density at radius 1 is 1.18 bits per heavy atom. The predicted molar refractivity (Wildman–Crippen MR) is 96.0 cm³/mol. The molecule has 0 saturated heterocycles. The van der Waals surface area contributed by atoms with Gasteiger partial charge in [-0.1, -0.05) is 40.9 Å². The molecule has 2 aromatic carbocycles. The van der Waals surface area contributed by atoms with Crippen LogP contribution in [0.5, 0.6) is 0 Å². The van der Waals surface area contributed by atoms with Crippen molar-refractivity contribution in [2.24, 2.45) is 0 Å². The summed E-state index contributed by atoms with van der Waals surface area (Å²) >= 11 is 13.4. The van der Waals surface area contributed by atoms with Crippen LogP contribution in [0, 0.1) is 6.92 Å². The van der Waals surface area contributed by atoms with Crippen molar-refractivity contribution in [1.29, 1.82) is 0 Å². The number of aryl methyl sites for hydroxylation is 1. The first-order valence-electron chi connectivity index (χ1n) is 6.65. The van der Waals surface area contributed by atoms with Gasteiger partial charge in [0.15, 0.2) is 0 Å². The summed E-state index contributed by atoms with van der Waals surface area (Å²) in [5.74, 6) is -0.123. The van der Waals surface area contributed by atoms with Gasteiger partial charge in [-0.05, 0) is 38.1 Å². The first kappa shape index (κ1) is 17.0. The van der Waals surface area contributed by atoms with Gasteiger partial charge in [0.25, 0.3) is 0 Å². The Hall–Kier alpha value is -1.36. The number of halogens is 2. The molecular weight excluding hydrogens is 339 g/mol. The monoisotopic (exact) mass is 354 g/mol. The van der Waals surface area contributed by atoms with Crippen LogP contribution < -0.4 is 11.1 Å². The van der Waals surface area contributed by atoms with Crippen molar-refractivity contribution >= 4 is 52.2 Å². The summed E-state index contributed by atoms with van der Waals surface area (Å²) < 4.78 is 0. The minimum atomic E-state index is -0.252. The van der Waals surface area contributed by atoms with Crippen LogP contribution in [0.15, 0.2) is 41.3 Å². The number of rotatable bonds is 4. The summed E-state index contributed by atoms with van der Waals surface area (Å²) in [6.45, 7) is 3.87. The summed E-state index contributed by atoms with van der Waals surface area (Å²) in [5, 5.41) is 3.19. The summed E-state index contributed by atoms with van der Waals surface area (Å²) in [7, 11) is 0. The molecule has 0 fully saturated rings. The number of amides is 1. The Bertz CT molecular complexity index is 666. The van der Waals surface area contributed by atoms with E-state index in [1.165, 1.54) is 17.3 Å². The summed E-state index contributed by atoms with van der Waals surface area (Å²) in [6.07, 6.45) is 0. The molecule has 0 aliphatic carbocycles. The molecular formula is C16H16Cl2N2OS. The molecule has 0 heterocycles. The number of nitrogen functional groups attached to an aromatic ring is 1. The topological polar surface area (TPSA) is 55.1 Å². The SMILES string of the molecule is Cc1ccc(SC(C)C(=O)Nc2cc(Cl)c(N)c(Cl)c2)cc1. The molecule has 1 amide bonds. The molecule has 0 saturated carbocycles. The number of benzene rings is 2. The maximum atomic E-state index is 12.2. The highest BCUT2D eigenvalue weighted by Gasteiger charge is 2.15. The predicted octanol–water partition coefficient (Wildman–Crippen LogP) is 5.00. The van der Waals surface area contributed by atoms with E-state index in [0.29, 0.717) is 21.4 Å². The van der Waals surface area contributed by atoms with Gasteiger partial charge in [0.05, 0.1) is 21.0 Å². The van der Waals surface area contributed by atoms with Crippen LogP contribution in [-0.4, -0.2) is 11.2 Å². The van der Waals surface area contributed by atoms with Gasteiger partial charge in [-0.2, -0.15) is 0 Å². The van der Waals surface area contributed by atoms with Gasteiger partial charge >= 0.3 is 0 Å². The van der Waals surface area contributed by atoms with E-state index in [2.05, 4.69) is 5.32 Å². The summed E-state index contributed by atoms with van der Waals surface area (Å²) in [5.41, 5.74) is 7.70. The van der Waals surface area contributed by atoms with Crippen LogP contribution in [0.1, 0.15) is 12.5 Å². The third-order valence-corrected chi connectivity index (χ3v) is 4.79. The van der Waals surface area contributed by atoms with E-state index in [9.17, 15) is 4.79 Å². The molecule has 0 spiro atoms. The molecule has 2 rings (SSSR count). The average molecular weight is 355 g/mol. The Kier molecular flexibility index (Phi) is 5.62. The standard InChI is InChI=1S/C16H16Cl2N2OS/c1-9-3-5-12(6-4-9)22-10(2)16(21)20-11-7-13(17)15(19)14(18)8-11/h3-8,10H,19H2,1-2H3,(H,20,21). The number of nitrogens with one attached hydrogen (secondary N) is 1. The zero-order valence-corrected chi connectivity index (χ0v) is 14.5. The second kappa shape index (κ2) is 7.27. The van der Waals surface area contributed by atoms with Crippen molar-refractivity contribution in [3.05, 3.63) is 52.0 Å². The number of hydrogen-bond acceptors (Lipinski definition) is 3. The number of thioether (sulfide) groups is 1. The third kappa shape index (κ3) is 4.32. The van der Waals surface area contributed by atoms with Crippen molar-refractivity contribution < 1.29 is 4.79 Å². The van der Waals surface area contributed by atoms with Crippen molar-refractivity contribution in [2.45, 2.75) is 24.0 Å². The fourth-order valence-electron chi connectivity index (χ4n) is 1.77. The Morgan fingerprint density at radius 3 is 2.27 bits per heavy atom. The average Bonchev–Trinajstić information content (AvgIpc) is 2.47. The number of carbonyl (C=O) groups is 1. The van der Waals surface area contributed by atoms with Gasteiger partial charge in [0.2, 0.25) is 5.91 Å². The van der Waals surface area contributed by atoms with Crippen molar-refractivity contribution in [3.8, 4) is 0 Å². The maximum Gasteiger partial charge on any atom is 0.237 e. The van der Waals surface area contributed by atoms with E-state index in [-0.39, 0.29) is 11.2 Å². The minimum Gasteiger partial charge on any atom is -0.396 e. The lowest BCUT2D eigenvalue weighted by Crippen LogP contribution is -2.22. The van der Waals surface area contributed by atoms with Gasteiger partial charge in [-0.3, -0.25) is 4.79 Å². The third-order valence-electron chi connectivity index (χ3n) is 3.05. The van der Waals surface area contributed by atoms with Gasteiger partial charge in [0, 0.05) is 10.6 Å². The number of carbonyl (C=O) groups excluding carboxylic acids is 1.